The largest absolute Gasteiger partial charge is 0.497 e. The van der Waals surface area contributed by atoms with Crippen LogP contribution in [-0.4, -0.2) is 7.11 Å². The molecule has 0 fully saturated rings. The van der Waals surface area contributed by atoms with Crippen molar-refractivity contribution in [2.24, 2.45) is 0 Å². The van der Waals surface area contributed by atoms with E-state index in [4.69, 9.17) is 4.74 Å². The van der Waals surface area contributed by atoms with Crippen LogP contribution in [0.3, 0.4) is 0 Å². The maximum Gasteiger partial charge on any atom is 0.128 e. The lowest BCUT2D eigenvalue weighted by molar-refractivity contribution is 0.412. The Bertz CT molecular complexity index is 617. The van der Waals surface area contributed by atoms with Gasteiger partial charge in [0.2, 0.25) is 0 Å². The van der Waals surface area contributed by atoms with Crippen molar-refractivity contribution in [3.05, 3.63) is 63.9 Å². The Morgan fingerprint density at radius 2 is 1.86 bits per heavy atom. The fourth-order valence-electron chi connectivity index (χ4n) is 2.32. The Hall–Kier alpha value is -1.39. The van der Waals surface area contributed by atoms with Crippen molar-refractivity contribution in [1.82, 2.24) is 5.32 Å². The van der Waals surface area contributed by atoms with E-state index in [1.165, 1.54) is 6.07 Å². The number of nitrogens with one attached hydrogen (secondary N) is 1. The second kappa shape index (κ2) is 7.05. The van der Waals surface area contributed by atoms with Gasteiger partial charge in [0, 0.05) is 22.1 Å². The number of hydrogen-bond acceptors (Lipinski definition) is 2. The molecule has 2 aromatic carbocycles. The quantitative estimate of drug-likeness (QED) is 0.817. The summed E-state index contributed by atoms with van der Waals surface area (Å²) in [5, 5.41) is 3.42. The molecule has 2 atom stereocenters. The minimum absolute atomic E-state index is 0.0912. The van der Waals surface area contributed by atoms with Crippen molar-refractivity contribution < 1.29 is 9.13 Å². The molecule has 1 unspecified atom stereocenters. The molecule has 0 aliphatic heterocycles. The average molecular weight is 352 g/mol. The average Bonchev–Trinajstić information content (AvgIpc) is 2.49. The highest BCUT2D eigenvalue weighted by Gasteiger charge is 2.15. The molecule has 0 bridgehead atoms. The molecule has 21 heavy (non-hydrogen) atoms. The van der Waals surface area contributed by atoms with E-state index in [0.29, 0.717) is 5.56 Å². The van der Waals surface area contributed by atoms with Crippen molar-refractivity contribution in [1.29, 1.82) is 0 Å². The normalized spacial score (nSPS) is 13.8. The molecule has 2 rings (SSSR count). The van der Waals surface area contributed by atoms with E-state index < -0.39 is 0 Å². The first kappa shape index (κ1) is 16.0. The van der Waals surface area contributed by atoms with Crippen LogP contribution in [0.2, 0.25) is 0 Å². The molecule has 0 aliphatic carbocycles. The third-order valence-electron chi connectivity index (χ3n) is 3.52. The van der Waals surface area contributed by atoms with Crippen LogP contribution in [0.4, 0.5) is 4.39 Å². The molecule has 0 aliphatic rings. The standard InChI is InChI=1S/C17H19BrFNO/c1-11(13-5-4-6-15(9-13)21-3)20-12(2)16-10-14(18)7-8-17(16)19/h4-12,20H,1-3H3/t11-,12?/m0/s1. The zero-order valence-electron chi connectivity index (χ0n) is 12.4. The maximum absolute atomic E-state index is 13.9. The summed E-state index contributed by atoms with van der Waals surface area (Å²) in [4.78, 5) is 0. The van der Waals surface area contributed by atoms with Gasteiger partial charge in [-0.2, -0.15) is 0 Å². The molecule has 2 nitrogen and oxygen atoms in total. The van der Waals surface area contributed by atoms with Crippen LogP contribution in [-0.2, 0) is 0 Å². The first-order chi connectivity index (χ1) is 10.0. The van der Waals surface area contributed by atoms with Crippen molar-refractivity contribution in [3.8, 4) is 5.75 Å². The number of methoxy groups -OCH3 is 1. The van der Waals surface area contributed by atoms with Gasteiger partial charge in [-0.1, -0.05) is 28.1 Å². The van der Waals surface area contributed by atoms with Crippen LogP contribution < -0.4 is 10.1 Å². The summed E-state index contributed by atoms with van der Waals surface area (Å²) in [6, 6.07) is 12.9. The Balaban J connectivity index is 2.14. The first-order valence-electron chi connectivity index (χ1n) is 6.86. The molecule has 0 saturated heterocycles. The van der Waals surface area contributed by atoms with Crippen molar-refractivity contribution in [2.75, 3.05) is 7.11 Å². The molecule has 0 amide bonds. The molecule has 112 valence electrons. The zero-order valence-corrected chi connectivity index (χ0v) is 13.9. The lowest BCUT2D eigenvalue weighted by Crippen LogP contribution is -2.23. The fraction of sp³-hybridized carbons (Fsp3) is 0.294. The molecular formula is C17H19BrFNO. The summed E-state index contributed by atoms with van der Waals surface area (Å²) in [5.41, 5.74) is 1.76. The van der Waals surface area contributed by atoms with E-state index in [1.807, 2.05) is 37.3 Å². The predicted octanol–water partition coefficient (Wildman–Crippen LogP) is 5.01. The molecule has 0 saturated carbocycles. The van der Waals surface area contributed by atoms with E-state index in [9.17, 15) is 4.39 Å². The summed E-state index contributed by atoms with van der Waals surface area (Å²) >= 11 is 3.38. The second-order valence-electron chi connectivity index (χ2n) is 5.05. The predicted molar refractivity (Wildman–Crippen MR) is 87.1 cm³/mol. The van der Waals surface area contributed by atoms with Gasteiger partial charge in [0.25, 0.3) is 0 Å². The van der Waals surface area contributed by atoms with Crippen LogP contribution in [0.25, 0.3) is 0 Å². The first-order valence-corrected chi connectivity index (χ1v) is 7.65. The maximum atomic E-state index is 13.9. The van der Waals surface area contributed by atoms with Crippen molar-refractivity contribution >= 4 is 15.9 Å². The molecule has 4 heteroatoms. The number of rotatable bonds is 5. The number of ether oxygens (including phenoxy) is 1. The van der Waals surface area contributed by atoms with Gasteiger partial charge in [0.15, 0.2) is 0 Å². The minimum atomic E-state index is -0.198. The highest BCUT2D eigenvalue weighted by atomic mass is 79.9. The summed E-state index contributed by atoms with van der Waals surface area (Å²) < 4.78 is 20.0. The minimum Gasteiger partial charge on any atom is -0.497 e. The molecular weight excluding hydrogens is 333 g/mol. The van der Waals surface area contributed by atoms with Gasteiger partial charge in [0.1, 0.15) is 11.6 Å². The molecule has 0 spiro atoms. The third kappa shape index (κ3) is 4.05. The van der Waals surface area contributed by atoms with E-state index >= 15 is 0 Å². The van der Waals surface area contributed by atoms with Crippen molar-refractivity contribution in [2.45, 2.75) is 25.9 Å². The Morgan fingerprint density at radius 3 is 2.57 bits per heavy atom. The topological polar surface area (TPSA) is 21.3 Å². The van der Waals surface area contributed by atoms with E-state index in [-0.39, 0.29) is 17.9 Å². The molecule has 0 aromatic heterocycles. The number of benzene rings is 2. The van der Waals surface area contributed by atoms with E-state index in [0.717, 1.165) is 15.8 Å². The van der Waals surface area contributed by atoms with E-state index in [1.54, 1.807) is 13.2 Å². The lowest BCUT2D eigenvalue weighted by Gasteiger charge is -2.21. The van der Waals surface area contributed by atoms with E-state index in [2.05, 4.69) is 28.2 Å². The van der Waals surface area contributed by atoms with Crippen molar-refractivity contribution in [3.63, 3.8) is 0 Å². The number of hydrogen-bond donors (Lipinski definition) is 1. The van der Waals surface area contributed by atoms with Gasteiger partial charge in [-0.05, 0) is 49.7 Å². The van der Waals surface area contributed by atoms with Crippen LogP contribution in [0, 0.1) is 5.82 Å². The Labute approximate surface area is 133 Å². The van der Waals surface area contributed by atoms with Gasteiger partial charge in [-0.25, -0.2) is 4.39 Å². The van der Waals surface area contributed by atoms with Gasteiger partial charge in [-0.15, -0.1) is 0 Å². The van der Waals surface area contributed by atoms with Crippen LogP contribution in [0.5, 0.6) is 5.75 Å². The smallest absolute Gasteiger partial charge is 0.128 e. The summed E-state index contributed by atoms with van der Waals surface area (Å²) in [6.07, 6.45) is 0. The van der Waals surface area contributed by atoms with Crippen LogP contribution in [0.15, 0.2) is 46.9 Å². The Kier molecular flexibility index (Phi) is 5.37. The molecule has 2 aromatic rings. The van der Waals surface area contributed by atoms with Crippen LogP contribution >= 0.6 is 15.9 Å². The molecule has 0 radical (unpaired) electrons. The highest BCUT2D eigenvalue weighted by molar-refractivity contribution is 9.10. The Morgan fingerprint density at radius 1 is 1.10 bits per heavy atom. The number of halogens is 2. The SMILES string of the molecule is COc1cccc([C@H](C)NC(C)c2cc(Br)ccc2F)c1. The summed E-state index contributed by atoms with van der Waals surface area (Å²) in [7, 11) is 1.65. The molecule has 1 N–H and O–H groups in total. The molecule has 0 heterocycles. The van der Waals surface area contributed by atoms with Gasteiger partial charge in [0.05, 0.1) is 7.11 Å². The summed E-state index contributed by atoms with van der Waals surface area (Å²) in [6.45, 7) is 4.02. The van der Waals surface area contributed by atoms with Gasteiger partial charge < -0.3 is 10.1 Å². The second-order valence-corrected chi connectivity index (χ2v) is 5.97. The lowest BCUT2D eigenvalue weighted by atomic mass is 10.0. The summed E-state index contributed by atoms with van der Waals surface area (Å²) in [5.74, 6) is 0.624. The van der Waals surface area contributed by atoms with Gasteiger partial charge >= 0.3 is 0 Å². The van der Waals surface area contributed by atoms with Crippen LogP contribution in [0.1, 0.15) is 37.1 Å². The monoisotopic (exact) mass is 351 g/mol. The fourth-order valence-corrected chi connectivity index (χ4v) is 2.70. The third-order valence-corrected chi connectivity index (χ3v) is 4.01. The zero-order chi connectivity index (χ0) is 15.4. The highest BCUT2D eigenvalue weighted by Crippen LogP contribution is 2.25. The van der Waals surface area contributed by atoms with Gasteiger partial charge in [-0.3, -0.25) is 0 Å².